The van der Waals surface area contributed by atoms with E-state index in [4.69, 9.17) is 9.26 Å². The molecule has 0 atom stereocenters. The molecule has 2 aromatic carbocycles. The first kappa shape index (κ1) is 19.6. The van der Waals surface area contributed by atoms with Crippen molar-refractivity contribution in [3.63, 3.8) is 0 Å². The molecule has 0 spiro atoms. The number of carbonyl (C=O) groups excluding carboxylic acids is 1. The highest BCUT2D eigenvalue weighted by molar-refractivity contribution is 5.88. The summed E-state index contributed by atoms with van der Waals surface area (Å²) in [6.45, 7) is 3.66. The van der Waals surface area contributed by atoms with E-state index < -0.39 is 5.82 Å². The number of benzene rings is 2. The van der Waals surface area contributed by atoms with Crippen LogP contribution in [-0.4, -0.2) is 27.1 Å². The van der Waals surface area contributed by atoms with Gasteiger partial charge >= 0.3 is 0 Å². The summed E-state index contributed by atoms with van der Waals surface area (Å²) < 4.78 is 26.6. The van der Waals surface area contributed by atoms with Crippen molar-refractivity contribution < 1.29 is 18.4 Å². The molecule has 0 saturated heterocycles. The summed E-state index contributed by atoms with van der Waals surface area (Å²) in [6.07, 6.45) is 2.46. The molecule has 0 bridgehead atoms. The molecule has 4 rings (SSSR count). The average Bonchev–Trinajstić information content (AvgIpc) is 3.29. The van der Waals surface area contributed by atoms with E-state index in [1.165, 1.54) is 6.07 Å². The summed E-state index contributed by atoms with van der Waals surface area (Å²) in [6, 6.07) is 11.7. The van der Waals surface area contributed by atoms with Gasteiger partial charge in [0.05, 0.1) is 11.6 Å². The molecule has 0 fully saturated rings. The Morgan fingerprint density at radius 3 is 2.71 bits per heavy atom. The SMILES string of the molecule is CC(C)Oc1ccc(-c2nc(-n3ccc4cc(C=O)ccc43)no2)cc1F.Cl. The Bertz CT molecular complexity index is 1140. The molecule has 0 amide bonds. The van der Waals surface area contributed by atoms with E-state index in [0.29, 0.717) is 17.1 Å². The molecule has 4 aromatic rings. The molecule has 2 heterocycles. The molecule has 0 radical (unpaired) electrons. The topological polar surface area (TPSA) is 70.2 Å². The molecule has 144 valence electrons. The standard InChI is InChI=1S/C20H16FN3O3.ClH/c1-12(2)26-18-6-4-15(10-16(18)21)19-22-20(23-27-19)24-8-7-14-9-13(11-25)3-5-17(14)24;/h3-12H,1-2H3;1H. The van der Waals surface area contributed by atoms with Gasteiger partial charge in [0.2, 0.25) is 0 Å². The molecular formula is C20H17ClFN3O3. The second-order valence-corrected chi connectivity index (χ2v) is 6.33. The molecule has 0 aliphatic heterocycles. The summed E-state index contributed by atoms with van der Waals surface area (Å²) >= 11 is 0. The van der Waals surface area contributed by atoms with E-state index in [9.17, 15) is 9.18 Å². The second-order valence-electron chi connectivity index (χ2n) is 6.33. The Balaban J connectivity index is 0.00000225. The highest BCUT2D eigenvalue weighted by Gasteiger charge is 2.15. The van der Waals surface area contributed by atoms with Gasteiger partial charge in [0.1, 0.15) is 6.29 Å². The van der Waals surface area contributed by atoms with Gasteiger partial charge in [0.25, 0.3) is 11.8 Å². The lowest BCUT2D eigenvalue weighted by Crippen LogP contribution is -2.06. The first-order chi connectivity index (χ1) is 13.0. The summed E-state index contributed by atoms with van der Waals surface area (Å²) in [5.41, 5.74) is 1.88. The molecular weight excluding hydrogens is 385 g/mol. The third-order valence-corrected chi connectivity index (χ3v) is 4.02. The van der Waals surface area contributed by atoms with Crippen molar-refractivity contribution >= 4 is 29.6 Å². The third kappa shape index (κ3) is 3.61. The lowest BCUT2D eigenvalue weighted by molar-refractivity contribution is 0.112. The predicted octanol–water partition coefficient (Wildman–Crippen LogP) is 4.84. The van der Waals surface area contributed by atoms with Crippen LogP contribution >= 0.6 is 12.4 Å². The Hall–Kier alpha value is -3.19. The normalized spacial score (nSPS) is 10.9. The number of aldehydes is 1. The van der Waals surface area contributed by atoms with Crippen LogP contribution in [0, 0.1) is 5.82 Å². The number of hydrogen-bond donors (Lipinski definition) is 0. The first-order valence-electron chi connectivity index (χ1n) is 8.42. The van der Waals surface area contributed by atoms with E-state index >= 15 is 0 Å². The number of hydrogen-bond acceptors (Lipinski definition) is 5. The Morgan fingerprint density at radius 2 is 2.00 bits per heavy atom. The zero-order chi connectivity index (χ0) is 19.0. The molecule has 28 heavy (non-hydrogen) atoms. The van der Waals surface area contributed by atoms with E-state index in [2.05, 4.69) is 10.1 Å². The van der Waals surface area contributed by atoms with E-state index in [-0.39, 0.29) is 30.2 Å². The molecule has 0 aliphatic carbocycles. The minimum absolute atomic E-state index is 0. The molecule has 0 saturated carbocycles. The highest BCUT2D eigenvalue weighted by Crippen LogP contribution is 2.27. The van der Waals surface area contributed by atoms with Crippen LogP contribution in [0.25, 0.3) is 28.3 Å². The lowest BCUT2D eigenvalue weighted by Gasteiger charge is -2.10. The van der Waals surface area contributed by atoms with E-state index in [0.717, 1.165) is 17.2 Å². The first-order valence-corrected chi connectivity index (χ1v) is 8.42. The van der Waals surface area contributed by atoms with Gasteiger partial charge in [-0.2, -0.15) is 4.98 Å². The molecule has 0 aliphatic rings. The molecule has 0 N–H and O–H groups in total. The van der Waals surface area contributed by atoms with E-state index in [1.54, 1.807) is 35.0 Å². The van der Waals surface area contributed by atoms with Gasteiger partial charge in [-0.15, -0.1) is 12.4 Å². The Kier molecular flexibility index (Phi) is 5.46. The van der Waals surface area contributed by atoms with Crippen LogP contribution in [0.5, 0.6) is 5.75 Å². The Labute approximate surface area is 166 Å². The van der Waals surface area contributed by atoms with Gasteiger partial charge in [0, 0.05) is 22.7 Å². The Morgan fingerprint density at radius 1 is 1.18 bits per heavy atom. The number of carbonyl (C=O) groups is 1. The zero-order valence-electron chi connectivity index (χ0n) is 15.1. The number of halogens is 2. The number of nitrogens with zero attached hydrogens (tertiary/aromatic N) is 3. The fourth-order valence-electron chi connectivity index (χ4n) is 2.82. The largest absolute Gasteiger partial charge is 0.488 e. The predicted molar refractivity (Wildman–Crippen MR) is 105 cm³/mol. The van der Waals surface area contributed by atoms with Crippen molar-refractivity contribution in [1.29, 1.82) is 0 Å². The molecule has 0 unspecified atom stereocenters. The van der Waals surface area contributed by atoms with Crippen LogP contribution in [0.1, 0.15) is 24.2 Å². The number of aromatic nitrogens is 3. The van der Waals surface area contributed by atoms with Crippen molar-refractivity contribution in [2.45, 2.75) is 20.0 Å². The fourth-order valence-corrected chi connectivity index (χ4v) is 2.82. The van der Waals surface area contributed by atoms with Crippen LogP contribution < -0.4 is 4.74 Å². The van der Waals surface area contributed by atoms with E-state index in [1.807, 2.05) is 26.0 Å². The minimum Gasteiger partial charge on any atom is -0.488 e. The quantitative estimate of drug-likeness (QED) is 0.447. The number of ether oxygens (including phenoxy) is 1. The highest BCUT2D eigenvalue weighted by atomic mass is 35.5. The molecule has 6 nitrogen and oxygen atoms in total. The second kappa shape index (κ2) is 7.82. The monoisotopic (exact) mass is 401 g/mol. The average molecular weight is 402 g/mol. The van der Waals surface area contributed by atoms with Gasteiger partial charge in [-0.05, 0) is 61.5 Å². The smallest absolute Gasteiger partial charge is 0.275 e. The van der Waals surface area contributed by atoms with Crippen LogP contribution in [0.15, 0.2) is 53.2 Å². The number of fused-ring (bicyclic) bond motifs is 1. The summed E-state index contributed by atoms with van der Waals surface area (Å²) in [7, 11) is 0. The minimum atomic E-state index is -0.492. The lowest BCUT2D eigenvalue weighted by atomic mass is 10.2. The van der Waals surface area contributed by atoms with Crippen molar-refractivity contribution in [1.82, 2.24) is 14.7 Å². The molecule has 8 heteroatoms. The number of rotatable bonds is 5. The van der Waals surface area contributed by atoms with Gasteiger partial charge < -0.3 is 9.26 Å². The maximum atomic E-state index is 14.2. The maximum absolute atomic E-state index is 14.2. The van der Waals surface area contributed by atoms with Crippen molar-refractivity contribution in [2.24, 2.45) is 0 Å². The summed E-state index contributed by atoms with van der Waals surface area (Å²) in [5, 5.41) is 4.86. The van der Waals surface area contributed by atoms with Gasteiger partial charge in [-0.25, -0.2) is 4.39 Å². The van der Waals surface area contributed by atoms with Crippen LogP contribution in [0.2, 0.25) is 0 Å². The van der Waals surface area contributed by atoms with Gasteiger partial charge in [-0.3, -0.25) is 9.36 Å². The van der Waals surface area contributed by atoms with Crippen LogP contribution in [0.4, 0.5) is 4.39 Å². The van der Waals surface area contributed by atoms with Crippen molar-refractivity contribution in [3.05, 3.63) is 60.0 Å². The summed E-state index contributed by atoms with van der Waals surface area (Å²) in [4.78, 5) is 15.3. The summed E-state index contributed by atoms with van der Waals surface area (Å²) in [5.74, 6) is 0.206. The molecule has 2 aromatic heterocycles. The maximum Gasteiger partial charge on any atom is 0.275 e. The zero-order valence-corrected chi connectivity index (χ0v) is 15.9. The van der Waals surface area contributed by atoms with Gasteiger partial charge in [0.15, 0.2) is 11.6 Å². The van der Waals surface area contributed by atoms with Crippen LogP contribution in [-0.2, 0) is 0 Å². The fraction of sp³-hybridized carbons (Fsp3) is 0.150. The van der Waals surface area contributed by atoms with Crippen molar-refractivity contribution in [2.75, 3.05) is 0 Å². The van der Waals surface area contributed by atoms with Crippen LogP contribution in [0.3, 0.4) is 0 Å². The van der Waals surface area contributed by atoms with Crippen molar-refractivity contribution in [3.8, 4) is 23.2 Å². The van der Waals surface area contributed by atoms with Gasteiger partial charge in [-0.1, -0.05) is 0 Å². The third-order valence-electron chi connectivity index (χ3n) is 4.02.